The minimum Gasteiger partial charge on any atom is -0.311 e. The summed E-state index contributed by atoms with van der Waals surface area (Å²) in [6.07, 6.45) is 0. The molecule has 0 saturated carbocycles. The molecule has 6 aromatic carbocycles. The van der Waals surface area contributed by atoms with Crippen molar-refractivity contribution in [3.8, 4) is 0 Å². The summed E-state index contributed by atoms with van der Waals surface area (Å²) in [5, 5.41) is 2.83. The van der Waals surface area contributed by atoms with Crippen LogP contribution in [0.3, 0.4) is 0 Å². The highest BCUT2D eigenvalue weighted by Gasteiger charge is 2.27. The number of hydrogen-bond acceptors (Lipinski definition) is 2. The van der Waals surface area contributed by atoms with Crippen molar-refractivity contribution in [2.75, 3.05) is 9.80 Å². The molecule has 3 heteroatoms. The van der Waals surface area contributed by atoms with E-state index in [9.17, 15) is 0 Å². The highest BCUT2D eigenvalue weighted by atomic mass is 28.3. The molecule has 0 heterocycles. The third kappa shape index (κ3) is 5.58. The zero-order chi connectivity index (χ0) is 28.1. The van der Waals surface area contributed by atoms with Gasteiger partial charge >= 0.3 is 0 Å². The first-order valence-electron chi connectivity index (χ1n) is 14.1. The van der Waals surface area contributed by atoms with Crippen LogP contribution in [0.5, 0.6) is 0 Å². The third-order valence-electron chi connectivity index (χ3n) is 7.75. The lowest BCUT2D eigenvalue weighted by Gasteiger charge is -2.29. The van der Waals surface area contributed by atoms with Gasteiger partial charge in [-0.15, -0.1) is 0 Å². The maximum absolute atomic E-state index is 2.44. The second kappa shape index (κ2) is 11.7. The zero-order valence-corrected chi connectivity index (χ0v) is 24.6. The van der Waals surface area contributed by atoms with Gasteiger partial charge in [-0.05, 0) is 72.8 Å². The SMILES string of the molecule is C[Si](C)(c1ccc(N(c2ccccc2)c2ccccc2)cc1)c1ccc(N(c2ccccc2)c2ccccc2)cc1. The fourth-order valence-electron chi connectivity index (χ4n) is 5.42. The Kier molecular flexibility index (Phi) is 7.53. The van der Waals surface area contributed by atoms with Gasteiger partial charge in [0.2, 0.25) is 0 Å². The summed E-state index contributed by atoms with van der Waals surface area (Å²) in [4.78, 5) is 4.63. The van der Waals surface area contributed by atoms with Gasteiger partial charge in [-0.1, -0.05) is 121 Å². The number of nitrogens with zero attached hydrogens (tertiary/aromatic N) is 2. The van der Waals surface area contributed by atoms with E-state index in [1.807, 2.05) is 0 Å². The number of anilines is 6. The van der Waals surface area contributed by atoms with E-state index in [2.05, 4.69) is 193 Å². The van der Waals surface area contributed by atoms with E-state index in [4.69, 9.17) is 0 Å². The van der Waals surface area contributed by atoms with Crippen LogP contribution in [-0.2, 0) is 0 Å². The molecular formula is C38H34N2Si. The van der Waals surface area contributed by atoms with Crippen LogP contribution in [0.25, 0.3) is 0 Å². The maximum atomic E-state index is 2.44. The minimum atomic E-state index is -1.93. The first-order chi connectivity index (χ1) is 20.1. The van der Waals surface area contributed by atoms with E-state index in [1.54, 1.807) is 0 Å². The molecule has 0 aliphatic heterocycles. The summed E-state index contributed by atoms with van der Waals surface area (Å²) in [5.41, 5.74) is 6.93. The summed E-state index contributed by atoms with van der Waals surface area (Å²) in [7, 11) is -1.93. The predicted molar refractivity (Wildman–Crippen MR) is 179 cm³/mol. The van der Waals surface area contributed by atoms with Crippen molar-refractivity contribution in [3.05, 3.63) is 170 Å². The van der Waals surface area contributed by atoms with Crippen LogP contribution in [0.15, 0.2) is 170 Å². The third-order valence-corrected chi connectivity index (χ3v) is 11.3. The molecule has 6 rings (SSSR count). The Balaban J connectivity index is 1.30. The second-order valence-corrected chi connectivity index (χ2v) is 15.1. The van der Waals surface area contributed by atoms with Crippen LogP contribution in [0.1, 0.15) is 0 Å². The fraction of sp³-hybridized carbons (Fsp3) is 0.0526. The molecule has 0 bridgehead atoms. The van der Waals surface area contributed by atoms with Crippen molar-refractivity contribution in [2.45, 2.75) is 13.1 Å². The van der Waals surface area contributed by atoms with Crippen LogP contribution < -0.4 is 20.2 Å². The lowest BCUT2D eigenvalue weighted by Crippen LogP contribution is -2.52. The van der Waals surface area contributed by atoms with E-state index >= 15 is 0 Å². The predicted octanol–water partition coefficient (Wildman–Crippen LogP) is 9.45. The Morgan fingerprint density at radius 2 is 0.512 bits per heavy atom. The van der Waals surface area contributed by atoms with Crippen molar-refractivity contribution in [2.24, 2.45) is 0 Å². The van der Waals surface area contributed by atoms with Crippen molar-refractivity contribution in [1.29, 1.82) is 0 Å². The van der Waals surface area contributed by atoms with Gasteiger partial charge in [0.15, 0.2) is 0 Å². The first kappa shape index (κ1) is 26.4. The molecule has 2 nitrogen and oxygen atoms in total. The van der Waals surface area contributed by atoms with Crippen LogP contribution >= 0.6 is 0 Å². The van der Waals surface area contributed by atoms with Gasteiger partial charge in [-0.3, -0.25) is 0 Å². The summed E-state index contributed by atoms with van der Waals surface area (Å²) in [5.74, 6) is 0. The second-order valence-electron chi connectivity index (χ2n) is 10.7. The molecular weight excluding hydrogens is 513 g/mol. The molecule has 200 valence electrons. The molecule has 0 unspecified atom stereocenters. The number of hydrogen-bond donors (Lipinski definition) is 0. The van der Waals surface area contributed by atoms with Gasteiger partial charge in [-0.2, -0.15) is 0 Å². The van der Waals surface area contributed by atoms with Gasteiger partial charge in [0.1, 0.15) is 8.07 Å². The first-order valence-corrected chi connectivity index (χ1v) is 17.1. The molecule has 0 N–H and O–H groups in total. The standard InChI is InChI=1S/C38H34N2Si/c1-41(2,37-27-23-35(24-28-37)39(31-15-7-3-8-16-31)32-17-9-4-10-18-32)38-29-25-36(26-30-38)40(33-19-11-5-12-20-33)34-21-13-6-14-22-34/h3-30H,1-2H3. The number of para-hydroxylation sites is 4. The molecule has 6 aromatic rings. The van der Waals surface area contributed by atoms with Gasteiger partial charge in [0.25, 0.3) is 0 Å². The normalized spacial score (nSPS) is 11.2. The van der Waals surface area contributed by atoms with Crippen LogP contribution in [0.2, 0.25) is 13.1 Å². The molecule has 0 fully saturated rings. The lowest BCUT2D eigenvalue weighted by atomic mass is 10.2. The number of benzene rings is 6. The van der Waals surface area contributed by atoms with Gasteiger partial charge in [-0.25, -0.2) is 0 Å². The van der Waals surface area contributed by atoms with Crippen molar-refractivity contribution < 1.29 is 0 Å². The van der Waals surface area contributed by atoms with Crippen molar-refractivity contribution >= 4 is 52.6 Å². The highest BCUT2D eigenvalue weighted by Crippen LogP contribution is 2.35. The Morgan fingerprint density at radius 1 is 0.293 bits per heavy atom. The van der Waals surface area contributed by atoms with Gasteiger partial charge in [0, 0.05) is 34.1 Å². The maximum Gasteiger partial charge on any atom is 0.112 e. The van der Waals surface area contributed by atoms with Crippen LogP contribution in [-0.4, -0.2) is 8.07 Å². The average Bonchev–Trinajstić information content (AvgIpc) is 3.04. The lowest BCUT2D eigenvalue weighted by molar-refractivity contribution is 1.28. The summed E-state index contributed by atoms with van der Waals surface area (Å²) < 4.78 is 0. The quantitative estimate of drug-likeness (QED) is 0.175. The van der Waals surface area contributed by atoms with Crippen LogP contribution in [0, 0.1) is 0 Å². The minimum absolute atomic E-state index is 1.15. The van der Waals surface area contributed by atoms with E-state index in [0.29, 0.717) is 0 Å². The van der Waals surface area contributed by atoms with Crippen molar-refractivity contribution in [1.82, 2.24) is 0 Å². The van der Waals surface area contributed by atoms with Crippen molar-refractivity contribution in [3.63, 3.8) is 0 Å². The molecule has 0 atom stereocenters. The van der Waals surface area contributed by atoms with Gasteiger partial charge in [0.05, 0.1) is 0 Å². The van der Waals surface area contributed by atoms with E-state index in [0.717, 1.165) is 34.1 Å². The molecule has 0 aromatic heterocycles. The zero-order valence-electron chi connectivity index (χ0n) is 23.6. The largest absolute Gasteiger partial charge is 0.311 e. The molecule has 0 amide bonds. The Hall–Kier alpha value is -4.86. The molecule has 0 aliphatic carbocycles. The summed E-state index contributed by atoms with van der Waals surface area (Å²) in [6, 6.07) is 60.7. The van der Waals surface area contributed by atoms with Gasteiger partial charge < -0.3 is 9.80 Å². The smallest absolute Gasteiger partial charge is 0.112 e. The Labute approximate surface area is 244 Å². The summed E-state index contributed by atoms with van der Waals surface area (Å²) >= 11 is 0. The molecule has 0 aliphatic rings. The van der Waals surface area contributed by atoms with E-state index in [-0.39, 0.29) is 0 Å². The van der Waals surface area contributed by atoms with E-state index in [1.165, 1.54) is 10.4 Å². The molecule has 0 saturated heterocycles. The molecule has 41 heavy (non-hydrogen) atoms. The summed E-state index contributed by atoms with van der Waals surface area (Å²) in [6.45, 7) is 4.88. The average molecular weight is 547 g/mol. The fourth-order valence-corrected chi connectivity index (χ4v) is 7.76. The Bertz CT molecular complexity index is 1460. The molecule has 0 radical (unpaired) electrons. The van der Waals surface area contributed by atoms with Crippen LogP contribution in [0.4, 0.5) is 34.1 Å². The highest BCUT2D eigenvalue weighted by molar-refractivity contribution is 7.00. The topological polar surface area (TPSA) is 6.48 Å². The Morgan fingerprint density at radius 3 is 0.756 bits per heavy atom. The number of rotatable bonds is 8. The molecule has 0 spiro atoms. The monoisotopic (exact) mass is 546 g/mol. The van der Waals surface area contributed by atoms with E-state index < -0.39 is 8.07 Å².